The summed E-state index contributed by atoms with van der Waals surface area (Å²) in [5.74, 6) is -1.03. The smallest absolute Gasteiger partial charge is 0.389 e. The minimum atomic E-state index is -4.19. The van der Waals surface area contributed by atoms with Crippen LogP contribution in [-0.4, -0.2) is 36.2 Å². The number of benzene rings is 1. The standard InChI is InChI=1S/C21H24Cl2F5NO2/c1-11-13-4-2-3-12(10-21(26,27)28)14(13)7-8-29(11)18(30)9-15-16(22)5-6-17(19(15)23)31-20(24)25/h5-6,11-14,20H,2-4,7-10H2,1H3. The third-order valence-corrected chi connectivity index (χ3v) is 7.36. The van der Waals surface area contributed by atoms with Gasteiger partial charge in [-0.3, -0.25) is 4.79 Å². The van der Waals surface area contributed by atoms with Crippen LogP contribution in [0.15, 0.2) is 12.1 Å². The van der Waals surface area contributed by atoms with Gasteiger partial charge in [-0.25, -0.2) is 0 Å². The van der Waals surface area contributed by atoms with E-state index in [4.69, 9.17) is 23.2 Å². The molecule has 1 aliphatic carbocycles. The van der Waals surface area contributed by atoms with Gasteiger partial charge in [-0.15, -0.1) is 0 Å². The van der Waals surface area contributed by atoms with Crippen LogP contribution >= 0.6 is 23.2 Å². The van der Waals surface area contributed by atoms with Crippen LogP contribution in [0, 0.1) is 17.8 Å². The van der Waals surface area contributed by atoms with Crippen molar-refractivity contribution in [2.75, 3.05) is 6.54 Å². The Morgan fingerprint density at radius 2 is 1.90 bits per heavy atom. The van der Waals surface area contributed by atoms with E-state index in [1.54, 1.807) is 4.90 Å². The van der Waals surface area contributed by atoms with Crippen LogP contribution in [-0.2, 0) is 11.2 Å². The van der Waals surface area contributed by atoms with Crippen LogP contribution < -0.4 is 4.74 Å². The first-order valence-electron chi connectivity index (χ1n) is 10.3. The van der Waals surface area contributed by atoms with E-state index >= 15 is 0 Å². The van der Waals surface area contributed by atoms with Gasteiger partial charge in [0.1, 0.15) is 5.75 Å². The Kier molecular flexibility index (Phi) is 7.62. The van der Waals surface area contributed by atoms with Gasteiger partial charge in [0.25, 0.3) is 0 Å². The molecule has 10 heteroatoms. The van der Waals surface area contributed by atoms with Crippen LogP contribution in [0.2, 0.25) is 10.0 Å². The van der Waals surface area contributed by atoms with Crippen LogP contribution in [0.25, 0.3) is 0 Å². The van der Waals surface area contributed by atoms with Gasteiger partial charge in [0, 0.05) is 29.6 Å². The Bertz CT molecular complexity index is 805. The number of rotatable bonds is 5. The minimum Gasteiger partial charge on any atom is -0.433 e. The summed E-state index contributed by atoms with van der Waals surface area (Å²) in [4.78, 5) is 14.7. The van der Waals surface area contributed by atoms with Crippen LogP contribution in [0.3, 0.4) is 0 Å². The number of nitrogens with zero attached hydrogens (tertiary/aromatic N) is 1. The van der Waals surface area contributed by atoms with Crippen molar-refractivity contribution in [3.8, 4) is 5.75 Å². The van der Waals surface area contributed by atoms with E-state index in [-0.39, 0.29) is 51.6 Å². The number of alkyl halides is 5. The average molecular weight is 488 g/mol. The molecule has 1 aromatic carbocycles. The predicted molar refractivity (Wildman–Crippen MR) is 108 cm³/mol. The molecule has 174 valence electrons. The number of amides is 1. The zero-order chi connectivity index (χ0) is 22.9. The molecular formula is C21H24Cl2F5NO2. The number of carbonyl (C=O) groups excluding carboxylic acids is 1. The fraction of sp³-hybridized carbons (Fsp3) is 0.667. The summed E-state index contributed by atoms with van der Waals surface area (Å²) in [6.07, 6.45) is -2.62. The fourth-order valence-electron chi connectivity index (χ4n) is 5.25. The molecule has 4 atom stereocenters. The lowest BCUT2D eigenvalue weighted by atomic mass is 9.65. The summed E-state index contributed by atoms with van der Waals surface area (Å²) in [5.41, 5.74) is 0.194. The molecule has 1 heterocycles. The number of carbonyl (C=O) groups is 1. The van der Waals surface area contributed by atoms with Gasteiger partial charge in [0.2, 0.25) is 5.91 Å². The van der Waals surface area contributed by atoms with Crippen LogP contribution in [0.4, 0.5) is 22.0 Å². The number of piperidine rings is 1. The molecule has 0 bridgehead atoms. The molecule has 1 saturated heterocycles. The van der Waals surface area contributed by atoms with Gasteiger partial charge in [-0.1, -0.05) is 29.6 Å². The Hall–Kier alpha value is -1.28. The first kappa shape index (κ1) is 24.4. The lowest BCUT2D eigenvalue weighted by Gasteiger charge is -2.49. The van der Waals surface area contributed by atoms with Gasteiger partial charge in [0.05, 0.1) is 11.4 Å². The number of halogens is 7. The molecular weight excluding hydrogens is 464 g/mol. The molecule has 0 spiro atoms. The first-order valence-corrected chi connectivity index (χ1v) is 11.0. The van der Waals surface area contributed by atoms with Crippen molar-refractivity contribution in [3.05, 3.63) is 27.7 Å². The third-order valence-electron chi connectivity index (χ3n) is 6.59. The second-order valence-electron chi connectivity index (χ2n) is 8.35. The highest BCUT2D eigenvalue weighted by atomic mass is 35.5. The highest BCUT2D eigenvalue weighted by Crippen LogP contribution is 2.47. The van der Waals surface area contributed by atoms with Gasteiger partial charge < -0.3 is 9.64 Å². The Balaban J connectivity index is 1.73. The predicted octanol–water partition coefficient (Wildman–Crippen LogP) is 6.74. The van der Waals surface area contributed by atoms with Crippen molar-refractivity contribution in [1.29, 1.82) is 0 Å². The lowest BCUT2D eigenvalue weighted by Crippen LogP contribution is -2.53. The van der Waals surface area contributed by atoms with Crippen molar-refractivity contribution in [1.82, 2.24) is 4.90 Å². The second-order valence-corrected chi connectivity index (χ2v) is 9.13. The molecule has 4 unspecified atom stereocenters. The molecule has 0 N–H and O–H groups in total. The van der Waals surface area contributed by atoms with E-state index in [0.717, 1.165) is 6.42 Å². The van der Waals surface area contributed by atoms with E-state index in [1.165, 1.54) is 12.1 Å². The maximum Gasteiger partial charge on any atom is 0.389 e. The Labute approximate surface area is 187 Å². The Morgan fingerprint density at radius 3 is 2.55 bits per heavy atom. The largest absolute Gasteiger partial charge is 0.433 e. The average Bonchev–Trinajstić information content (AvgIpc) is 2.66. The number of fused-ring (bicyclic) bond motifs is 1. The molecule has 0 radical (unpaired) electrons. The highest BCUT2D eigenvalue weighted by Gasteiger charge is 2.46. The van der Waals surface area contributed by atoms with E-state index in [0.29, 0.717) is 25.8 Å². The number of hydrogen-bond donors (Lipinski definition) is 0. The Morgan fingerprint density at radius 1 is 1.19 bits per heavy atom. The number of likely N-dealkylation sites (tertiary alicyclic amines) is 1. The molecule has 1 amide bonds. The summed E-state index contributed by atoms with van der Waals surface area (Å²) >= 11 is 12.3. The SMILES string of the molecule is CC1C2CCCC(CC(F)(F)F)C2CCN1C(=O)Cc1c(Cl)ccc(OC(F)F)c1Cl. The zero-order valence-corrected chi connectivity index (χ0v) is 18.4. The number of ether oxygens (including phenoxy) is 1. The van der Waals surface area contributed by atoms with E-state index in [9.17, 15) is 26.7 Å². The monoisotopic (exact) mass is 487 g/mol. The molecule has 2 fully saturated rings. The van der Waals surface area contributed by atoms with Gasteiger partial charge in [-0.2, -0.15) is 22.0 Å². The van der Waals surface area contributed by atoms with Crippen molar-refractivity contribution in [2.45, 2.75) is 64.3 Å². The maximum atomic E-state index is 13.0. The van der Waals surface area contributed by atoms with Crippen LogP contribution in [0.5, 0.6) is 5.75 Å². The van der Waals surface area contributed by atoms with Crippen molar-refractivity contribution < 1.29 is 31.5 Å². The lowest BCUT2D eigenvalue weighted by molar-refractivity contribution is -0.160. The maximum absolute atomic E-state index is 13.0. The summed E-state index contributed by atoms with van der Waals surface area (Å²) in [7, 11) is 0. The highest BCUT2D eigenvalue weighted by molar-refractivity contribution is 6.37. The van der Waals surface area contributed by atoms with E-state index in [1.807, 2.05) is 6.92 Å². The molecule has 3 rings (SSSR count). The minimum absolute atomic E-state index is 0.00162. The van der Waals surface area contributed by atoms with Gasteiger partial charge >= 0.3 is 12.8 Å². The summed E-state index contributed by atoms with van der Waals surface area (Å²) < 4.78 is 68.5. The summed E-state index contributed by atoms with van der Waals surface area (Å²) in [5, 5.41) is 0.0111. The fourth-order valence-corrected chi connectivity index (χ4v) is 5.79. The molecule has 2 aliphatic rings. The van der Waals surface area contributed by atoms with E-state index in [2.05, 4.69) is 4.74 Å². The quantitative estimate of drug-likeness (QED) is 0.430. The number of hydrogen-bond acceptors (Lipinski definition) is 2. The zero-order valence-electron chi connectivity index (χ0n) is 16.9. The van der Waals surface area contributed by atoms with Crippen LogP contribution in [0.1, 0.15) is 44.6 Å². The van der Waals surface area contributed by atoms with Gasteiger partial charge in [0.15, 0.2) is 0 Å². The molecule has 1 aliphatic heterocycles. The molecule has 3 nitrogen and oxygen atoms in total. The van der Waals surface area contributed by atoms with Crippen molar-refractivity contribution in [2.24, 2.45) is 17.8 Å². The van der Waals surface area contributed by atoms with E-state index < -0.39 is 25.1 Å². The van der Waals surface area contributed by atoms with Gasteiger partial charge in [-0.05, 0) is 56.1 Å². The summed E-state index contributed by atoms with van der Waals surface area (Å²) in [6.45, 7) is -0.861. The molecule has 1 aromatic rings. The molecule has 31 heavy (non-hydrogen) atoms. The molecule has 1 saturated carbocycles. The first-order chi connectivity index (χ1) is 14.5. The normalized spacial score (nSPS) is 26.7. The molecule has 0 aromatic heterocycles. The van der Waals surface area contributed by atoms with Crippen molar-refractivity contribution in [3.63, 3.8) is 0 Å². The van der Waals surface area contributed by atoms with Crippen molar-refractivity contribution >= 4 is 29.1 Å². The second kappa shape index (κ2) is 9.69. The third kappa shape index (κ3) is 5.75. The topological polar surface area (TPSA) is 29.5 Å². The summed E-state index contributed by atoms with van der Waals surface area (Å²) in [6, 6.07) is 2.33.